The Hall–Kier alpha value is -1.39. The quantitative estimate of drug-likeness (QED) is 0.615. The maximum Gasteiger partial charge on any atom is 0.249 e. The molecular formula is C10H14N2O3. The Kier molecular flexibility index (Phi) is 2.70. The van der Waals surface area contributed by atoms with E-state index in [-0.39, 0.29) is 23.6 Å². The van der Waals surface area contributed by atoms with Gasteiger partial charge >= 0.3 is 0 Å². The molecule has 0 aromatic rings. The molecule has 0 aromatic heterocycles. The molecule has 1 aliphatic heterocycles. The molecule has 1 heterocycles. The highest BCUT2D eigenvalue weighted by Crippen LogP contribution is 2.26. The lowest BCUT2D eigenvalue weighted by atomic mass is 9.84. The van der Waals surface area contributed by atoms with Gasteiger partial charge in [0.25, 0.3) is 0 Å². The molecule has 1 saturated heterocycles. The fourth-order valence-electron chi connectivity index (χ4n) is 1.79. The second-order valence-electron chi connectivity index (χ2n) is 4.14. The van der Waals surface area contributed by atoms with Crippen molar-refractivity contribution in [1.82, 2.24) is 10.6 Å². The molecule has 5 heteroatoms. The number of hydrogen-bond donors (Lipinski definition) is 2. The third-order valence-corrected chi connectivity index (χ3v) is 3.03. The highest BCUT2D eigenvalue weighted by molar-refractivity contribution is 6.01. The van der Waals surface area contributed by atoms with Gasteiger partial charge in [0.2, 0.25) is 17.7 Å². The molecule has 0 radical (unpaired) electrons. The van der Waals surface area contributed by atoms with Gasteiger partial charge in [0.15, 0.2) is 0 Å². The molecule has 2 N–H and O–H groups in total. The summed E-state index contributed by atoms with van der Waals surface area (Å²) in [5, 5.41) is 4.91. The van der Waals surface area contributed by atoms with Crippen molar-refractivity contribution in [2.75, 3.05) is 0 Å². The highest BCUT2D eigenvalue weighted by atomic mass is 16.2. The third-order valence-electron chi connectivity index (χ3n) is 3.03. The van der Waals surface area contributed by atoms with E-state index in [2.05, 4.69) is 10.6 Å². The van der Waals surface area contributed by atoms with Crippen LogP contribution in [-0.4, -0.2) is 23.8 Å². The normalized spacial score (nSPS) is 26.8. The lowest BCUT2D eigenvalue weighted by Gasteiger charge is -2.28. The zero-order valence-corrected chi connectivity index (χ0v) is 8.41. The van der Waals surface area contributed by atoms with Crippen LogP contribution in [0.25, 0.3) is 0 Å². The minimum absolute atomic E-state index is 0.0456. The molecule has 1 aliphatic carbocycles. The van der Waals surface area contributed by atoms with Crippen molar-refractivity contribution in [2.24, 2.45) is 5.92 Å². The summed E-state index contributed by atoms with van der Waals surface area (Å²) in [6.07, 6.45) is 3.65. The van der Waals surface area contributed by atoms with Crippen molar-refractivity contribution in [3.05, 3.63) is 0 Å². The van der Waals surface area contributed by atoms with Crippen LogP contribution in [0, 0.1) is 5.92 Å². The van der Waals surface area contributed by atoms with Crippen LogP contribution in [0.3, 0.4) is 0 Å². The summed E-state index contributed by atoms with van der Waals surface area (Å²) in [6, 6.07) is -0.518. The third kappa shape index (κ3) is 2.16. The van der Waals surface area contributed by atoms with Crippen LogP contribution in [0.4, 0.5) is 0 Å². The first-order valence-electron chi connectivity index (χ1n) is 5.31. The predicted molar refractivity (Wildman–Crippen MR) is 51.7 cm³/mol. The number of amides is 3. The molecule has 1 atom stereocenters. The monoisotopic (exact) mass is 210 g/mol. The van der Waals surface area contributed by atoms with Crippen LogP contribution in [-0.2, 0) is 14.4 Å². The average molecular weight is 210 g/mol. The summed E-state index contributed by atoms with van der Waals surface area (Å²) < 4.78 is 0. The lowest BCUT2D eigenvalue weighted by Crippen LogP contribution is -2.53. The molecule has 0 bridgehead atoms. The second-order valence-corrected chi connectivity index (χ2v) is 4.14. The van der Waals surface area contributed by atoms with E-state index in [0.717, 1.165) is 19.3 Å². The van der Waals surface area contributed by atoms with Crippen LogP contribution in [0.15, 0.2) is 0 Å². The van der Waals surface area contributed by atoms with Gasteiger partial charge in [-0.1, -0.05) is 6.42 Å². The second kappa shape index (κ2) is 4.00. The van der Waals surface area contributed by atoms with E-state index in [4.69, 9.17) is 0 Å². The maximum atomic E-state index is 11.5. The van der Waals surface area contributed by atoms with E-state index in [1.54, 1.807) is 0 Å². The summed E-state index contributed by atoms with van der Waals surface area (Å²) in [5.41, 5.74) is 0. The minimum atomic E-state index is -0.518. The van der Waals surface area contributed by atoms with Gasteiger partial charge in [0.05, 0.1) is 0 Å². The maximum absolute atomic E-state index is 11.5. The molecule has 1 saturated carbocycles. The molecule has 2 aliphatic rings. The van der Waals surface area contributed by atoms with Crippen molar-refractivity contribution in [1.29, 1.82) is 0 Å². The summed E-state index contributed by atoms with van der Waals surface area (Å²) in [7, 11) is 0. The Morgan fingerprint density at radius 3 is 2.53 bits per heavy atom. The van der Waals surface area contributed by atoms with Gasteiger partial charge in [-0.15, -0.1) is 0 Å². The fraction of sp³-hybridized carbons (Fsp3) is 0.700. The molecule has 0 aromatic carbocycles. The first-order valence-corrected chi connectivity index (χ1v) is 5.31. The zero-order valence-electron chi connectivity index (χ0n) is 8.41. The number of carbonyl (C=O) groups is 3. The molecule has 5 nitrogen and oxygen atoms in total. The highest BCUT2D eigenvalue weighted by Gasteiger charge is 2.31. The molecule has 1 unspecified atom stereocenters. The molecule has 3 amide bonds. The van der Waals surface area contributed by atoms with E-state index in [0.29, 0.717) is 12.8 Å². The molecule has 2 fully saturated rings. The Labute approximate surface area is 87.6 Å². The number of carbonyl (C=O) groups excluding carboxylic acids is 3. The van der Waals surface area contributed by atoms with Crippen LogP contribution in [0.1, 0.15) is 32.1 Å². The zero-order chi connectivity index (χ0) is 10.8. The van der Waals surface area contributed by atoms with E-state index in [1.807, 2.05) is 0 Å². The minimum Gasteiger partial charge on any atom is -0.344 e. The van der Waals surface area contributed by atoms with E-state index < -0.39 is 6.04 Å². The van der Waals surface area contributed by atoms with Crippen molar-refractivity contribution in [3.8, 4) is 0 Å². The number of nitrogens with one attached hydrogen (secondary N) is 2. The predicted octanol–water partition coefficient (Wildman–Crippen LogP) is -0.292. The van der Waals surface area contributed by atoms with E-state index in [1.165, 1.54) is 0 Å². The van der Waals surface area contributed by atoms with Gasteiger partial charge in [-0.3, -0.25) is 19.7 Å². The van der Waals surface area contributed by atoms with Gasteiger partial charge < -0.3 is 5.32 Å². The van der Waals surface area contributed by atoms with Gasteiger partial charge in [-0.2, -0.15) is 0 Å². The van der Waals surface area contributed by atoms with Gasteiger partial charge in [-0.05, 0) is 19.3 Å². The van der Waals surface area contributed by atoms with Crippen molar-refractivity contribution in [3.63, 3.8) is 0 Å². The summed E-state index contributed by atoms with van der Waals surface area (Å²) >= 11 is 0. The summed E-state index contributed by atoms with van der Waals surface area (Å²) in [6.45, 7) is 0. The van der Waals surface area contributed by atoms with Gasteiger partial charge in [0.1, 0.15) is 6.04 Å². The standard InChI is InChI=1S/C10H14N2O3/c13-8-5-4-7(10(15)12-8)11-9(14)6-2-1-3-6/h6-7H,1-5H2,(H,11,14)(H,12,13,15). The van der Waals surface area contributed by atoms with E-state index >= 15 is 0 Å². The number of rotatable bonds is 2. The summed E-state index contributed by atoms with van der Waals surface area (Å²) in [5.74, 6) is -0.598. The Bertz CT molecular complexity index is 310. The Balaban J connectivity index is 1.85. The molecular weight excluding hydrogens is 196 g/mol. The molecule has 0 spiro atoms. The fourth-order valence-corrected chi connectivity index (χ4v) is 1.79. The van der Waals surface area contributed by atoms with Gasteiger partial charge in [-0.25, -0.2) is 0 Å². The van der Waals surface area contributed by atoms with Crippen LogP contribution >= 0.6 is 0 Å². The molecule has 82 valence electrons. The first-order chi connectivity index (χ1) is 7.16. The number of hydrogen-bond acceptors (Lipinski definition) is 3. The lowest BCUT2D eigenvalue weighted by molar-refractivity contribution is -0.138. The average Bonchev–Trinajstić information content (AvgIpc) is 2.07. The van der Waals surface area contributed by atoms with Crippen LogP contribution in [0.5, 0.6) is 0 Å². The number of imide groups is 1. The smallest absolute Gasteiger partial charge is 0.249 e. The largest absolute Gasteiger partial charge is 0.344 e. The summed E-state index contributed by atoms with van der Waals surface area (Å²) in [4.78, 5) is 33.7. The van der Waals surface area contributed by atoms with Gasteiger partial charge in [0, 0.05) is 12.3 Å². The van der Waals surface area contributed by atoms with Crippen molar-refractivity contribution in [2.45, 2.75) is 38.1 Å². The first kappa shape index (κ1) is 10.1. The molecule has 2 rings (SSSR count). The van der Waals surface area contributed by atoms with Crippen molar-refractivity contribution >= 4 is 17.7 Å². The van der Waals surface area contributed by atoms with Crippen LogP contribution < -0.4 is 10.6 Å². The van der Waals surface area contributed by atoms with E-state index in [9.17, 15) is 14.4 Å². The number of piperidine rings is 1. The molecule has 15 heavy (non-hydrogen) atoms. The topological polar surface area (TPSA) is 75.3 Å². The van der Waals surface area contributed by atoms with Crippen molar-refractivity contribution < 1.29 is 14.4 Å². The van der Waals surface area contributed by atoms with Crippen LogP contribution in [0.2, 0.25) is 0 Å². The Morgan fingerprint density at radius 2 is 2.00 bits per heavy atom. The Morgan fingerprint density at radius 1 is 1.27 bits per heavy atom. The SMILES string of the molecule is O=C1CCC(NC(=O)C2CCC2)C(=O)N1.